The third-order valence-electron chi connectivity index (χ3n) is 3.58. The van der Waals surface area contributed by atoms with E-state index in [-0.39, 0.29) is 5.75 Å². The quantitative estimate of drug-likeness (QED) is 0.541. The van der Waals surface area contributed by atoms with Crippen LogP contribution in [-0.4, -0.2) is 28.7 Å². The summed E-state index contributed by atoms with van der Waals surface area (Å²) in [7, 11) is 1.86. The van der Waals surface area contributed by atoms with Gasteiger partial charge in [0.25, 0.3) is 0 Å². The SMILES string of the molecule is CCNC(=NCc1cc(Cl)c(Cl)n1C)NCCc1cccc(O)c1. The van der Waals surface area contributed by atoms with Crippen molar-refractivity contribution in [3.63, 3.8) is 0 Å². The van der Waals surface area contributed by atoms with E-state index < -0.39 is 0 Å². The first kappa shape index (κ1) is 18.5. The van der Waals surface area contributed by atoms with E-state index in [2.05, 4.69) is 15.6 Å². The van der Waals surface area contributed by atoms with Gasteiger partial charge in [-0.15, -0.1) is 0 Å². The number of benzene rings is 1. The average Bonchev–Trinajstić information content (AvgIpc) is 2.80. The molecule has 1 aromatic heterocycles. The zero-order valence-corrected chi connectivity index (χ0v) is 15.3. The molecule has 0 atom stereocenters. The van der Waals surface area contributed by atoms with Gasteiger partial charge < -0.3 is 20.3 Å². The number of nitrogens with zero attached hydrogens (tertiary/aromatic N) is 2. The molecule has 0 aliphatic carbocycles. The van der Waals surface area contributed by atoms with Crippen LogP contribution in [0, 0.1) is 0 Å². The maximum absolute atomic E-state index is 9.49. The minimum absolute atomic E-state index is 0.283. The monoisotopic (exact) mass is 368 g/mol. The molecule has 24 heavy (non-hydrogen) atoms. The Labute approximate surface area is 152 Å². The second kappa shape index (κ2) is 8.85. The Balaban J connectivity index is 1.94. The molecule has 1 aromatic carbocycles. The van der Waals surface area contributed by atoms with Crippen LogP contribution in [-0.2, 0) is 20.0 Å². The van der Waals surface area contributed by atoms with Crippen LogP contribution in [0.3, 0.4) is 0 Å². The first-order valence-corrected chi connectivity index (χ1v) is 8.56. The standard InChI is InChI=1S/C17H22Cl2N4O/c1-3-20-17(21-8-7-12-5-4-6-14(24)9-12)22-11-13-10-15(18)16(19)23(13)2/h4-6,9-10,24H,3,7-8,11H2,1-2H3,(H2,20,21,22). The van der Waals surface area contributed by atoms with Gasteiger partial charge in [0, 0.05) is 25.8 Å². The highest BCUT2D eigenvalue weighted by Crippen LogP contribution is 2.25. The number of hydrogen-bond acceptors (Lipinski definition) is 2. The summed E-state index contributed by atoms with van der Waals surface area (Å²) in [4.78, 5) is 4.55. The number of aliphatic imine (C=N–C) groups is 1. The summed E-state index contributed by atoms with van der Waals surface area (Å²) in [6.45, 7) is 3.98. The van der Waals surface area contributed by atoms with E-state index in [0.29, 0.717) is 23.3 Å². The second-order valence-corrected chi connectivity index (χ2v) is 6.14. The minimum atomic E-state index is 0.283. The van der Waals surface area contributed by atoms with Crippen molar-refractivity contribution in [3.8, 4) is 5.75 Å². The number of aromatic nitrogens is 1. The van der Waals surface area contributed by atoms with E-state index in [0.717, 1.165) is 30.2 Å². The van der Waals surface area contributed by atoms with Crippen molar-refractivity contribution in [2.75, 3.05) is 13.1 Å². The van der Waals surface area contributed by atoms with Gasteiger partial charge in [0.2, 0.25) is 0 Å². The molecule has 0 unspecified atom stereocenters. The molecule has 0 saturated carbocycles. The lowest BCUT2D eigenvalue weighted by Gasteiger charge is -2.11. The molecule has 1 heterocycles. The first-order valence-electron chi connectivity index (χ1n) is 7.81. The van der Waals surface area contributed by atoms with Crippen molar-refractivity contribution in [1.29, 1.82) is 0 Å². The number of hydrogen-bond donors (Lipinski definition) is 3. The fourth-order valence-electron chi connectivity index (χ4n) is 2.28. The van der Waals surface area contributed by atoms with E-state index in [1.54, 1.807) is 12.1 Å². The van der Waals surface area contributed by atoms with Crippen LogP contribution in [0.1, 0.15) is 18.2 Å². The van der Waals surface area contributed by atoms with Gasteiger partial charge in [0.05, 0.1) is 11.6 Å². The first-order chi connectivity index (χ1) is 11.5. The van der Waals surface area contributed by atoms with Crippen LogP contribution in [0.4, 0.5) is 0 Å². The van der Waals surface area contributed by atoms with Crippen LogP contribution in [0.2, 0.25) is 10.2 Å². The van der Waals surface area contributed by atoms with E-state index in [4.69, 9.17) is 23.2 Å². The van der Waals surface area contributed by atoms with Crippen LogP contribution < -0.4 is 10.6 Å². The Morgan fingerprint density at radius 2 is 2.04 bits per heavy atom. The molecule has 2 rings (SSSR count). The topological polar surface area (TPSA) is 61.6 Å². The van der Waals surface area contributed by atoms with Crippen molar-refractivity contribution in [2.24, 2.45) is 12.0 Å². The smallest absolute Gasteiger partial charge is 0.191 e. The molecule has 2 aromatic rings. The Hall–Kier alpha value is -1.85. The van der Waals surface area contributed by atoms with Gasteiger partial charge in [-0.1, -0.05) is 35.3 Å². The van der Waals surface area contributed by atoms with E-state index in [9.17, 15) is 5.11 Å². The number of nitrogens with one attached hydrogen (secondary N) is 2. The molecule has 0 aliphatic heterocycles. The predicted molar refractivity (Wildman–Crippen MR) is 100 cm³/mol. The number of halogens is 2. The van der Waals surface area contributed by atoms with Crippen molar-refractivity contribution >= 4 is 29.2 Å². The van der Waals surface area contributed by atoms with Crippen molar-refractivity contribution < 1.29 is 5.11 Å². The lowest BCUT2D eigenvalue weighted by Crippen LogP contribution is -2.38. The molecular weight excluding hydrogens is 347 g/mol. The predicted octanol–water partition coefficient (Wildman–Crippen LogP) is 3.34. The average molecular weight is 369 g/mol. The Kier molecular flexibility index (Phi) is 6.82. The molecule has 0 spiro atoms. The minimum Gasteiger partial charge on any atom is -0.508 e. The number of rotatable bonds is 6. The fraction of sp³-hybridized carbons (Fsp3) is 0.353. The molecule has 0 saturated heterocycles. The van der Waals surface area contributed by atoms with Crippen LogP contribution >= 0.6 is 23.2 Å². The maximum Gasteiger partial charge on any atom is 0.191 e. The lowest BCUT2D eigenvalue weighted by atomic mass is 10.1. The summed E-state index contributed by atoms with van der Waals surface area (Å²) in [5.74, 6) is 1.01. The summed E-state index contributed by atoms with van der Waals surface area (Å²) >= 11 is 12.1. The maximum atomic E-state index is 9.49. The summed E-state index contributed by atoms with van der Waals surface area (Å²) in [5, 5.41) is 17.0. The molecule has 3 N–H and O–H groups in total. The summed E-state index contributed by atoms with van der Waals surface area (Å²) in [6, 6.07) is 9.08. The molecule has 0 aliphatic rings. The van der Waals surface area contributed by atoms with Gasteiger partial charge in [-0.25, -0.2) is 4.99 Å². The number of phenolic OH excluding ortho intramolecular Hbond substituents is 1. The Morgan fingerprint density at radius 3 is 2.67 bits per heavy atom. The number of guanidine groups is 1. The van der Waals surface area contributed by atoms with E-state index in [1.165, 1.54) is 0 Å². The highest BCUT2D eigenvalue weighted by Gasteiger charge is 2.08. The van der Waals surface area contributed by atoms with Crippen LogP contribution in [0.25, 0.3) is 0 Å². The molecule has 0 radical (unpaired) electrons. The van der Waals surface area contributed by atoms with Crippen LogP contribution in [0.15, 0.2) is 35.3 Å². The highest BCUT2D eigenvalue weighted by atomic mass is 35.5. The summed E-state index contributed by atoms with van der Waals surface area (Å²) in [5.41, 5.74) is 2.01. The summed E-state index contributed by atoms with van der Waals surface area (Å²) < 4.78 is 1.82. The van der Waals surface area contributed by atoms with Crippen molar-refractivity contribution in [3.05, 3.63) is 51.8 Å². The van der Waals surface area contributed by atoms with Gasteiger partial charge in [-0.3, -0.25) is 0 Å². The third kappa shape index (κ3) is 5.08. The molecule has 0 bridgehead atoms. The molecule has 5 nitrogen and oxygen atoms in total. The number of phenols is 1. The fourth-order valence-corrected chi connectivity index (χ4v) is 2.70. The van der Waals surface area contributed by atoms with Gasteiger partial charge in [-0.05, 0) is 37.1 Å². The van der Waals surface area contributed by atoms with Gasteiger partial charge in [0.15, 0.2) is 5.96 Å². The van der Waals surface area contributed by atoms with Gasteiger partial charge in [-0.2, -0.15) is 0 Å². The third-order valence-corrected chi connectivity index (χ3v) is 4.42. The zero-order valence-electron chi connectivity index (χ0n) is 13.8. The molecular formula is C17H22Cl2N4O. The van der Waals surface area contributed by atoms with Gasteiger partial charge in [0.1, 0.15) is 10.9 Å². The van der Waals surface area contributed by atoms with Crippen LogP contribution in [0.5, 0.6) is 5.75 Å². The van der Waals surface area contributed by atoms with Crippen molar-refractivity contribution in [2.45, 2.75) is 19.9 Å². The largest absolute Gasteiger partial charge is 0.508 e. The van der Waals surface area contributed by atoms with Gasteiger partial charge >= 0.3 is 0 Å². The Bertz CT molecular complexity index is 713. The van der Waals surface area contributed by atoms with E-state index in [1.807, 2.05) is 36.7 Å². The van der Waals surface area contributed by atoms with Crippen molar-refractivity contribution in [1.82, 2.24) is 15.2 Å². The molecule has 0 fully saturated rings. The Morgan fingerprint density at radius 1 is 1.25 bits per heavy atom. The normalized spacial score (nSPS) is 11.6. The summed E-state index contributed by atoms with van der Waals surface area (Å²) in [6.07, 6.45) is 0.792. The molecule has 7 heteroatoms. The zero-order chi connectivity index (χ0) is 17.5. The lowest BCUT2D eigenvalue weighted by molar-refractivity contribution is 0.474. The molecule has 0 amide bonds. The molecule has 130 valence electrons. The van der Waals surface area contributed by atoms with E-state index >= 15 is 0 Å². The second-order valence-electron chi connectivity index (χ2n) is 5.38. The number of aromatic hydroxyl groups is 1. The highest BCUT2D eigenvalue weighted by molar-refractivity contribution is 6.41.